The predicted molar refractivity (Wildman–Crippen MR) is 122 cm³/mol. The standard InChI is InChI=1S/C23H17Cl2N3O4/c1-13-7-8-16(11-18(13)24)28-22(30)19(25)20(23(28)31)27-15-5-2-4-14(10-15)21(29)26-12-17-6-3-9-32-17/h2-11,27H,12H2,1H3,(H,26,29). The molecule has 0 bridgehead atoms. The Kier molecular flexibility index (Phi) is 6.03. The number of carbonyl (C=O) groups excluding carboxylic acids is 3. The number of nitrogens with one attached hydrogen (secondary N) is 2. The third-order valence-electron chi connectivity index (χ3n) is 4.84. The van der Waals surface area contributed by atoms with E-state index in [1.807, 2.05) is 6.92 Å². The van der Waals surface area contributed by atoms with Crippen molar-refractivity contribution in [2.24, 2.45) is 0 Å². The molecule has 0 radical (unpaired) electrons. The second kappa shape index (κ2) is 8.90. The van der Waals surface area contributed by atoms with Gasteiger partial charge in [0.2, 0.25) is 0 Å². The molecule has 7 nitrogen and oxygen atoms in total. The fourth-order valence-corrected chi connectivity index (χ4v) is 3.52. The Morgan fingerprint density at radius 1 is 1.03 bits per heavy atom. The molecule has 4 rings (SSSR count). The highest BCUT2D eigenvalue weighted by Gasteiger charge is 2.39. The van der Waals surface area contributed by atoms with Crippen LogP contribution in [0.3, 0.4) is 0 Å². The van der Waals surface area contributed by atoms with Crippen molar-refractivity contribution in [2.45, 2.75) is 13.5 Å². The van der Waals surface area contributed by atoms with Crippen LogP contribution in [0.15, 0.2) is 76.0 Å². The van der Waals surface area contributed by atoms with Gasteiger partial charge in [-0.05, 0) is 55.0 Å². The first-order valence-electron chi connectivity index (χ1n) is 9.57. The molecule has 0 aliphatic carbocycles. The molecule has 2 N–H and O–H groups in total. The SMILES string of the molecule is Cc1ccc(N2C(=O)C(Cl)=C(Nc3cccc(C(=O)NCc4ccco4)c3)C2=O)cc1Cl. The van der Waals surface area contributed by atoms with Crippen LogP contribution in [0.2, 0.25) is 5.02 Å². The lowest BCUT2D eigenvalue weighted by Gasteiger charge is -2.16. The van der Waals surface area contributed by atoms with Crippen LogP contribution in [0.4, 0.5) is 11.4 Å². The number of aryl methyl sites for hydroxylation is 1. The van der Waals surface area contributed by atoms with Crippen LogP contribution in [0.5, 0.6) is 0 Å². The summed E-state index contributed by atoms with van der Waals surface area (Å²) in [5.74, 6) is -0.982. The maximum Gasteiger partial charge on any atom is 0.283 e. The minimum Gasteiger partial charge on any atom is -0.467 e. The number of rotatable bonds is 6. The first-order chi connectivity index (χ1) is 15.3. The van der Waals surface area contributed by atoms with Gasteiger partial charge in [0, 0.05) is 16.3 Å². The van der Waals surface area contributed by atoms with Crippen molar-refractivity contribution in [3.05, 3.63) is 93.5 Å². The number of imide groups is 1. The Labute approximate surface area is 193 Å². The van der Waals surface area contributed by atoms with Crippen LogP contribution in [0.25, 0.3) is 0 Å². The number of carbonyl (C=O) groups is 3. The Bertz CT molecular complexity index is 1250. The lowest BCUT2D eigenvalue weighted by atomic mass is 10.2. The van der Waals surface area contributed by atoms with Gasteiger partial charge in [-0.2, -0.15) is 0 Å². The monoisotopic (exact) mass is 469 g/mol. The average molecular weight is 470 g/mol. The number of hydrogen-bond acceptors (Lipinski definition) is 5. The number of anilines is 2. The van der Waals surface area contributed by atoms with E-state index in [0.717, 1.165) is 10.5 Å². The Balaban J connectivity index is 1.51. The summed E-state index contributed by atoms with van der Waals surface area (Å²) in [6, 6.07) is 14.8. The van der Waals surface area contributed by atoms with Crippen molar-refractivity contribution < 1.29 is 18.8 Å². The van der Waals surface area contributed by atoms with E-state index in [0.29, 0.717) is 27.7 Å². The number of benzene rings is 2. The molecule has 0 unspecified atom stereocenters. The normalized spacial score (nSPS) is 13.7. The summed E-state index contributed by atoms with van der Waals surface area (Å²) >= 11 is 12.3. The maximum absolute atomic E-state index is 12.9. The quantitative estimate of drug-likeness (QED) is 0.514. The molecule has 0 spiro atoms. The van der Waals surface area contributed by atoms with Gasteiger partial charge >= 0.3 is 0 Å². The predicted octanol–water partition coefficient (Wildman–Crippen LogP) is 4.61. The molecule has 162 valence electrons. The zero-order valence-electron chi connectivity index (χ0n) is 16.8. The molecule has 9 heteroatoms. The molecule has 0 saturated heterocycles. The number of nitrogens with zero attached hydrogens (tertiary/aromatic N) is 1. The van der Waals surface area contributed by atoms with E-state index < -0.39 is 11.8 Å². The zero-order chi connectivity index (χ0) is 22.8. The van der Waals surface area contributed by atoms with Crippen molar-refractivity contribution in [2.75, 3.05) is 10.2 Å². The first kappa shape index (κ1) is 21.7. The molecule has 3 aromatic rings. The molecule has 0 atom stereocenters. The van der Waals surface area contributed by atoms with E-state index >= 15 is 0 Å². The number of furan rings is 1. The van der Waals surface area contributed by atoms with Gasteiger partial charge in [-0.1, -0.05) is 35.3 Å². The zero-order valence-corrected chi connectivity index (χ0v) is 18.3. The smallest absolute Gasteiger partial charge is 0.283 e. The molecular weight excluding hydrogens is 453 g/mol. The van der Waals surface area contributed by atoms with Crippen LogP contribution in [-0.2, 0) is 16.1 Å². The van der Waals surface area contributed by atoms with Crippen LogP contribution in [0.1, 0.15) is 21.7 Å². The highest BCUT2D eigenvalue weighted by Crippen LogP contribution is 2.32. The summed E-state index contributed by atoms with van der Waals surface area (Å²) in [6.07, 6.45) is 1.53. The second-order valence-electron chi connectivity index (χ2n) is 7.04. The highest BCUT2D eigenvalue weighted by molar-refractivity contribution is 6.53. The lowest BCUT2D eigenvalue weighted by Crippen LogP contribution is -2.32. The molecule has 2 aromatic carbocycles. The Morgan fingerprint density at radius 3 is 2.56 bits per heavy atom. The third kappa shape index (κ3) is 4.26. The molecule has 0 fully saturated rings. The highest BCUT2D eigenvalue weighted by atomic mass is 35.5. The fraction of sp³-hybridized carbons (Fsp3) is 0.0870. The van der Waals surface area contributed by atoms with Crippen LogP contribution < -0.4 is 15.5 Å². The van der Waals surface area contributed by atoms with Gasteiger partial charge in [-0.15, -0.1) is 0 Å². The van der Waals surface area contributed by atoms with Crippen molar-refractivity contribution in [3.8, 4) is 0 Å². The van der Waals surface area contributed by atoms with Gasteiger partial charge in [-0.25, -0.2) is 4.90 Å². The van der Waals surface area contributed by atoms with Crippen molar-refractivity contribution in [1.82, 2.24) is 5.32 Å². The summed E-state index contributed by atoms with van der Waals surface area (Å²) < 4.78 is 5.20. The minimum absolute atomic E-state index is 0.0819. The van der Waals surface area contributed by atoms with E-state index in [9.17, 15) is 14.4 Å². The van der Waals surface area contributed by atoms with Gasteiger partial charge < -0.3 is 15.1 Å². The number of amides is 3. The van der Waals surface area contributed by atoms with Gasteiger partial charge in [0.1, 0.15) is 16.5 Å². The molecule has 1 aliphatic heterocycles. The first-order valence-corrected chi connectivity index (χ1v) is 10.3. The molecule has 1 aromatic heterocycles. The van der Waals surface area contributed by atoms with E-state index in [2.05, 4.69) is 10.6 Å². The van der Waals surface area contributed by atoms with E-state index in [1.165, 1.54) is 12.3 Å². The van der Waals surface area contributed by atoms with Gasteiger partial charge in [0.05, 0.1) is 18.5 Å². The van der Waals surface area contributed by atoms with E-state index in [4.69, 9.17) is 27.6 Å². The largest absolute Gasteiger partial charge is 0.467 e. The summed E-state index contributed by atoms with van der Waals surface area (Å²) in [4.78, 5) is 39.0. The molecule has 0 saturated carbocycles. The topological polar surface area (TPSA) is 91.7 Å². The fourth-order valence-electron chi connectivity index (χ4n) is 3.13. The summed E-state index contributed by atoms with van der Waals surface area (Å²) in [7, 11) is 0. The van der Waals surface area contributed by atoms with Gasteiger partial charge in [0.25, 0.3) is 17.7 Å². The van der Waals surface area contributed by atoms with Crippen molar-refractivity contribution in [1.29, 1.82) is 0 Å². The van der Waals surface area contributed by atoms with E-state index in [1.54, 1.807) is 48.5 Å². The van der Waals surface area contributed by atoms with Crippen molar-refractivity contribution in [3.63, 3.8) is 0 Å². The minimum atomic E-state index is -0.661. The van der Waals surface area contributed by atoms with Crippen molar-refractivity contribution >= 4 is 52.3 Å². The van der Waals surface area contributed by atoms with Crippen LogP contribution in [0, 0.1) is 6.92 Å². The second-order valence-corrected chi connectivity index (χ2v) is 7.82. The molecule has 32 heavy (non-hydrogen) atoms. The third-order valence-corrected chi connectivity index (χ3v) is 5.60. The van der Waals surface area contributed by atoms with E-state index in [-0.39, 0.29) is 23.2 Å². The van der Waals surface area contributed by atoms with Gasteiger partial charge in [0.15, 0.2) is 0 Å². The maximum atomic E-state index is 12.9. The Morgan fingerprint density at radius 2 is 1.84 bits per heavy atom. The number of hydrogen-bond donors (Lipinski definition) is 2. The summed E-state index contributed by atoms with van der Waals surface area (Å²) in [5, 5.41) is 5.78. The lowest BCUT2D eigenvalue weighted by molar-refractivity contribution is -0.120. The molecule has 1 aliphatic rings. The van der Waals surface area contributed by atoms with Crippen LogP contribution in [-0.4, -0.2) is 17.7 Å². The van der Waals surface area contributed by atoms with Gasteiger partial charge in [-0.3, -0.25) is 14.4 Å². The van der Waals surface area contributed by atoms with Crippen LogP contribution >= 0.6 is 23.2 Å². The number of halogens is 2. The molecule has 2 heterocycles. The molecular formula is C23H17Cl2N3O4. The average Bonchev–Trinajstić information content (AvgIpc) is 3.37. The molecule has 3 amide bonds. The summed E-state index contributed by atoms with van der Waals surface area (Å²) in [5.41, 5.74) is 1.83. The Hall–Kier alpha value is -3.55. The summed E-state index contributed by atoms with van der Waals surface area (Å²) in [6.45, 7) is 2.05.